The van der Waals surface area contributed by atoms with E-state index < -0.39 is 0 Å². The summed E-state index contributed by atoms with van der Waals surface area (Å²) in [6.07, 6.45) is 3.25. The number of hydrogen-bond donors (Lipinski definition) is 3. The first-order valence-corrected chi connectivity index (χ1v) is 9.82. The van der Waals surface area contributed by atoms with Gasteiger partial charge in [0.1, 0.15) is 11.6 Å². The number of nitrogens with zero attached hydrogens (tertiary/aromatic N) is 4. The Bertz CT molecular complexity index is 1100. The van der Waals surface area contributed by atoms with Gasteiger partial charge in [-0.1, -0.05) is 6.07 Å². The van der Waals surface area contributed by atoms with Crippen LogP contribution in [0.4, 0.5) is 11.8 Å². The molecule has 1 aromatic carbocycles. The number of hydrogen-bond acceptors (Lipinski definition) is 8. The lowest BCUT2D eigenvalue weighted by Crippen LogP contribution is -2.40. The minimum atomic E-state index is -0.214. The fraction of sp³-hybridized carbons (Fsp3) is 0.333. The second-order valence-corrected chi connectivity index (χ2v) is 7.45. The number of nitrogens with one attached hydrogen (secondary N) is 1. The lowest BCUT2D eigenvalue weighted by atomic mass is 10.0. The minimum Gasteiger partial charge on any atom is -0.507 e. The maximum absolute atomic E-state index is 12.7. The summed E-state index contributed by atoms with van der Waals surface area (Å²) in [4.78, 5) is 27.5. The average Bonchev–Trinajstić information content (AvgIpc) is 2.73. The number of rotatable bonds is 4. The van der Waals surface area contributed by atoms with Crippen molar-refractivity contribution in [1.82, 2.24) is 19.9 Å². The van der Waals surface area contributed by atoms with Crippen molar-refractivity contribution in [2.75, 3.05) is 37.4 Å². The van der Waals surface area contributed by atoms with Crippen molar-refractivity contribution < 1.29 is 14.6 Å². The van der Waals surface area contributed by atoms with Gasteiger partial charge in [-0.25, -0.2) is 15.0 Å². The van der Waals surface area contributed by atoms with Crippen LogP contribution in [-0.2, 0) is 4.74 Å². The molecule has 1 fully saturated rings. The summed E-state index contributed by atoms with van der Waals surface area (Å²) in [5.41, 5.74) is 8.25. The van der Waals surface area contributed by atoms with E-state index in [4.69, 9.17) is 10.5 Å². The van der Waals surface area contributed by atoms with E-state index in [-0.39, 0.29) is 23.3 Å². The van der Waals surface area contributed by atoms with Crippen molar-refractivity contribution in [2.24, 2.45) is 0 Å². The van der Waals surface area contributed by atoms with E-state index in [1.165, 1.54) is 0 Å². The molecule has 0 bridgehead atoms. The molecule has 0 spiro atoms. The number of nitrogen functional groups attached to an aromatic ring is 1. The van der Waals surface area contributed by atoms with Gasteiger partial charge in [0.15, 0.2) is 0 Å². The number of fused-ring (bicyclic) bond motifs is 1. The number of nitrogens with two attached hydrogens (primary N) is 1. The highest BCUT2D eigenvalue weighted by Gasteiger charge is 2.22. The number of benzene rings is 1. The van der Waals surface area contributed by atoms with Crippen molar-refractivity contribution in [1.29, 1.82) is 0 Å². The molecule has 9 heteroatoms. The number of amides is 1. The Hall–Kier alpha value is -3.46. The number of pyridine rings is 1. The van der Waals surface area contributed by atoms with E-state index >= 15 is 0 Å². The van der Waals surface area contributed by atoms with Crippen LogP contribution in [0.25, 0.3) is 22.0 Å². The van der Waals surface area contributed by atoms with E-state index in [9.17, 15) is 9.90 Å². The molecule has 1 saturated heterocycles. The van der Waals surface area contributed by atoms with Crippen molar-refractivity contribution in [3.8, 4) is 16.9 Å². The topological polar surface area (TPSA) is 126 Å². The monoisotopic (exact) mass is 408 g/mol. The highest BCUT2D eigenvalue weighted by molar-refractivity contribution is 6.01. The van der Waals surface area contributed by atoms with Crippen LogP contribution in [0.1, 0.15) is 24.2 Å². The van der Waals surface area contributed by atoms with E-state index in [1.807, 2.05) is 13.8 Å². The van der Waals surface area contributed by atoms with Crippen molar-refractivity contribution in [2.45, 2.75) is 19.9 Å². The van der Waals surface area contributed by atoms with Gasteiger partial charge in [0, 0.05) is 37.1 Å². The minimum absolute atomic E-state index is 0.0939. The zero-order valence-corrected chi connectivity index (χ0v) is 16.9. The lowest BCUT2D eigenvalue weighted by molar-refractivity contribution is 0.0301. The molecule has 9 nitrogen and oxygen atoms in total. The van der Waals surface area contributed by atoms with Gasteiger partial charge in [-0.2, -0.15) is 0 Å². The summed E-state index contributed by atoms with van der Waals surface area (Å²) >= 11 is 0. The van der Waals surface area contributed by atoms with E-state index in [2.05, 4.69) is 20.3 Å². The van der Waals surface area contributed by atoms with Gasteiger partial charge in [0.05, 0.1) is 29.7 Å². The maximum Gasteiger partial charge on any atom is 0.257 e. The van der Waals surface area contributed by atoms with Gasteiger partial charge in [-0.05, 0) is 31.5 Å². The molecule has 0 atom stereocenters. The third kappa shape index (κ3) is 3.84. The van der Waals surface area contributed by atoms with Crippen molar-refractivity contribution in [3.63, 3.8) is 0 Å². The van der Waals surface area contributed by atoms with E-state index in [0.29, 0.717) is 60.1 Å². The number of aromatic nitrogens is 3. The normalized spacial score (nSPS) is 14.3. The second-order valence-electron chi connectivity index (χ2n) is 7.45. The van der Waals surface area contributed by atoms with Gasteiger partial charge >= 0.3 is 0 Å². The van der Waals surface area contributed by atoms with Crippen LogP contribution in [0.5, 0.6) is 5.75 Å². The van der Waals surface area contributed by atoms with Gasteiger partial charge in [0.25, 0.3) is 5.91 Å². The highest BCUT2D eigenvalue weighted by atomic mass is 16.5. The van der Waals surface area contributed by atoms with E-state index in [1.54, 1.807) is 35.5 Å². The number of anilines is 2. The molecule has 3 heterocycles. The number of morpholine rings is 1. The molecule has 2 aromatic heterocycles. The molecule has 156 valence electrons. The molecular weight excluding hydrogens is 384 g/mol. The molecule has 0 aliphatic carbocycles. The summed E-state index contributed by atoms with van der Waals surface area (Å²) in [6.45, 7) is 6.01. The number of aromatic hydroxyl groups is 1. The summed E-state index contributed by atoms with van der Waals surface area (Å²) < 4.78 is 5.29. The number of phenols is 1. The predicted octanol–water partition coefficient (Wildman–Crippen LogP) is 2.27. The quantitative estimate of drug-likeness (QED) is 0.600. The lowest BCUT2D eigenvalue weighted by Gasteiger charge is -2.27. The molecule has 4 N–H and O–H groups in total. The Morgan fingerprint density at radius 3 is 2.70 bits per heavy atom. The standard InChI is InChI=1S/C21H24N6O3/c1-12(2)25-21-24-11-16-18(26-21)15(10-23-19(16)22)13-3-4-14(17(28)9-13)20(29)27-5-7-30-8-6-27/h3-4,9-12,28H,5-8H2,1-2H3,(H2,22,23)(H,24,25,26). The van der Waals surface area contributed by atoms with Crippen molar-refractivity contribution in [3.05, 3.63) is 36.2 Å². The Kier molecular flexibility index (Phi) is 5.37. The summed E-state index contributed by atoms with van der Waals surface area (Å²) in [5.74, 6) is 0.498. The summed E-state index contributed by atoms with van der Waals surface area (Å²) in [6, 6.07) is 5.12. The molecule has 0 unspecified atom stereocenters. The summed E-state index contributed by atoms with van der Waals surface area (Å²) in [5, 5.41) is 14.4. The molecule has 0 saturated carbocycles. The fourth-order valence-electron chi connectivity index (χ4n) is 3.40. The zero-order valence-electron chi connectivity index (χ0n) is 16.9. The number of ether oxygens (including phenoxy) is 1. The number of carbonyl (C=O) groups excluding carboxylic acids is 1. The molecule has 3 aromatic rings. The number of phenolic OH excluding ortho intramolecular Hbond substituents is 1. The molecule has 0 radical (unpaired) electrons. The first-order chi connectivity index (χ1) is 14.4. The third-order valence-corrected chi connectivity index (χ3v) is 4.91. The molecular formula is C21H24N6O3. The molecule has 1 aliphatic heterocycles. The first-order valence-electron chi connectivity index (χ1n) is 9.82. The van der Waals surface area contributed by atoms with Crippen LogP contribution in [0.2, 0.25) is 0 Å². The van der Waals surface area contributed by atoms with Crippen LogP contribution in [0.15, 0.2) is 30.6 Å². The van der Waals surface area contributed by atoms with Crippen LogP contribution in [0, 0.1) is 0 Å². The Labute approximate surface area is 173 Å². The van der Waals surface area contributed by atoms with E-state index in [0.717, 1.165) is 0 Å². The Morgan fingerprint density at radius 1 is 1.23 bits per heavy atom. The Balaban J connectivity index is 1.73. The van der Waals surface area contributed by atoms with Crippen LogP contribution in [-0.4, -0.2) is 63.2 Å². The second kappa shape index (κ2) is 8.11. The zero-order chi connectivity index (χ0) is 21.3. The third-order valence-electron chi connectivity index (χ3n) is 4.91. The smallest absolute Gasteiger partial charge is 0.257 e. The largest absolute Gasteiger partial charge is 0.507 e. The Morgan fingerprint density at radius 2 is 2.00 bits per heavy atom. The van der Waals surface area contributed by atoms with Gasteiger partial charge in [-0.3, -0.25) is 4.79 Å². The van der Waals surface area contributed by atoms with Gasteiger partial charge in [0.2, 0.25) is 5.95 Å². The maximum atomic E-state index is 12.7. The molecule has 1 amide bonds. The SMILES string of the molecule is CC(C)Nc1ncc2c(N)ncc(-c3ccc(C(=O)N4CCOCC4)c(O)c3)c2n1. The van der Waals surface area contributed by atoms with Gasteiger partial charge in [-0.15, -0.1) is 0 Å². The summed E-state index contributed by atoms with van der Waals surface area (Å²) in [7, 11) is 0. The van der Waals surface area contributed by atoms with Crippen molar-refractivity contribution >= 4 is 28.6 Å². The molecule has 4 rings (SSSR count). The first kappa shape index (κ1) is 19.8. The van der Waals surface area contributed by atoms with Crippen LogP contribution >= 0.6 is 0 Å². The predicted molar refractivity (Wildman–Crippen MR) is 114 cm³/mol. The number of carbonyl (C=O) groups is 1. The van der Waals surface area contributed by atoms with Crippen LogP contribution in [0.3, 0.4) is 0 Å². The average molecular weight is 408 g/mol. The molecule has 1 aliphatic rings. The highest BCUT2D eigenvalue weighted by Crippen LogP contribution is 2.33. The molecule has 30 heavy (non-hydrogen) atoms. The fourth-order valence-corrected chi connectivity index (χ4v) is 3.40. The van der Waals surface area contributed by atoms with Gasteiger partial charge < -0.3 is 25.8 Å². The van der Waals surface area contributed by atoms with Crippen LogP contribution < -0.4 is 11.1 Å².